The molecule has 3 nitrogen and oxygen atoms in total. The summed E-state index contributed by atoms with van der Waals surface area (Å²) in [5.41, 5.74) is 1.98. The molecule has 1 atom stereocenters. The molecule has 1 aliphatic rings. The van der Waals surface area contributed by atoms with Crippen LogP contribution in [0.25, 0.3) is 0 Å². The van der Waals surface area contributed by atoms with Gasteiger partial charge in [-0.3, -0.25) is 9.11 Å². The first-order chi connectivity index (χ1) is 8.18. The van der Waals surface area contributed by atoms with Crippen LogP contribution in [0.3, 0.4) is 0 Å². The maximum Gasteiger partial charge on any atom is 0.0802 e. The van der Waals surface area contributed by atoms with E-state index in [1.165, 1.54) is 0 Å². The molecule has 1 unspecified atom stereocenters. The zero-order valence-corrected chi connectivity index (χ0v) is 9.89. The van der Waals surface area contributed by atoms with Crippen molar-refractivity contribution in [2.45, 2.75) is 10.9 Å². The molecule has 0 amide bonds. The van der Waals surface area contributed by atoms with E-state index < -0.39 is 10.8 Å². The minimum Gasteiger partial charge on any atom is -0.281 e. The van der Waals surface area contributed by atoms with Crippen molar-refractivity contribution in [2.24, 2.45) is 0 Å². The molecule has 17 heavy (non-hydrogen) atoms. The van der Waals surface area contributed by atoms with Crippen LogP contribution in [-0.4, -0.2) is 9.11 Å². The van der Waals surface area contributed by atoms with Gasteiger partial charge in [0.25, 0.3) is 0 Å². The predicted octanol–water partition coefficient (Wildman–Crippen LogP) is 3.40. The Balaban J connectivity index is 2.12. The van der Waals surface area contributed by atoms with E-state index in [-0.39, 0.29) is 6.04 Å². The van der Waals surface area contributed by atoms with Crippen LogP contribution < -0.4 is 4.72 Å². The van der Waals surface area contributed by atoms with Crippen LogP contribution >= 0.6 is 10.8 Å². The molecule has 0 saturated heterocycles. The topological polar surface area (TPSA) is 52.5 Å². The zero-order valence-electron chi connectivity index (χ0n) is 9.08. The Morgan fingerprint density at radius 3 is 2.29 bits per heavy atom. The molecule has 2 aromatic carbocycles. The summed E-state index contributed by atoms with van der Waals surface area (Å²) in [5.74, 6) is 0. The van der Waals surface area contributed by atoms with Gasteiger partial charge in [0.05, 0.1) is 10.9 Å². The number of hydrogen-bond acceptors (Lipinski definition) is 3. The summed E-state index contributed by atoms with van der Waals surface area (Å²) in [6.45, 7) is 0. The zero-order chi connectivity index (χ0) is 11.9. The molecule has 4 heteroatoms. The Bertz CT molecular complexity index is 542. The highest BCUT2D eigenvalue weighted by atomic mass is 32.3. The van der Waals surface area contributed by atoms with Crippen molar-refractivity contribution in [3.05, 3.63) is 65.7 Å². The summed E-state index contributed by atoms with van der Waals surface area (Å²) in [7, 11) is -2.85. The minimum atomic E-state index is -2.85. The summed E-state index contributed by atoms with van der Waals surface area (Å²) in [6.07, 6.45) is 0. The Morgan fingerprint density at radius 2 is 1.53 bits per heavy atom. The number of benzene rings is 2. The second-order valence-electron chi connectivity index (χ2n) is 4.05. The van der Waals surface area contributed by atoms with Gasteiger partial charge in [-0.2, -0.15) is 0 Å². The Hall–Kier alpha value is -1.33. The molecule has 3 rings (SSSR count). The fourth-order valence-corrected chi connectivity index (χ4v) is 3.66. The average molecular weight is 247 g/mol. The lowest BCUT2D eigenvalue weighted by atomic mass is 10.00. The summed E-state index contributed by atoms with van der Waals surface area (Å²) >= 11 is 0. The van der Waals surface area contributed by atoms with Crippen molar-refractivity contribution in [3.63, 3.8) is 0 Å². The second-order valence-corrected chi connectivity index (χ2v) is 5.82. The first kappa shape index (κ1) is 10.8. The Kier molecular flexibility index (Phi) is 2.45. The maximum absolute atomic E-state index is 10.0. The van der Waals surface area contributed by atoms with Gasteiger partial charge in [0, 0.05) is 0 Å². The van der Waals surface area contributed by atoms with Crippen LogP contribution in [0.4, 0.5) is 0 Å². The van der Waals surface area contributed by atoms with Gasteiger partial charge < -0.3 is 0 Å². The average Bonchev–Trinajstić information content (AvgIpc) is 2.64. The summed E-state index contributed by atoms with van der Waals surface area (Å²) in [6, 6.07) is 17.1. The molecule has 0 aromatic heterocycles. The molecular weight excluding hydrogens is 234 g/mol. The molecule has 0 saturated carbocycles. The SMILES string of the molecule is OS1(O)NC(c2ccccc2)c2ccccc21. The third-order valence-corrected chi connectivity index (χ3v) is 4.50. The maximum atomic E-state index is 10.0. The van der Waals surface area contributed by atoms with Crippen LogP contribution in [0.1, 0.15) is 17.2 Å². The lowest BCUT2D eigenvalue weighted by Crippen LogP contribution is -2.17. The monoisotopic (exact) mass is 247 g/mol. The third-order valence-electron chi connectivity index (χ3n) is 2.95. The molecule has 2 aromatic rings. The molecule has 1 aliphatic heterocycles. The van der Waals surface area contributed by atoms with Gasteiger partial charge in [-0.25, -0.2) is 4.72 Å². The van der Waals surface area contributed by atoms with Crippen molar-refractivity contribution in [2.75, 3.05) is 0 Å². The van der Waals surface area contributed by atoms with E-state index in [9.17, 15) is 9.11 Å². The molecular formula is C13H13NO2S. The number of nitrogens with one attached hydrogen (secondary N) is 1. The molecule has 3 N–H and O–H groups in total. The van der Waals surface area contributed by atoms with Gasteiger partial charge in [-0.1, -0.05) is 48.5 Å². The molecule has 0 bridgehead atoms. The highest BCUT2D eigenvalue weighted by Crippen LogP contribution is 2.55. The minimum absolute atomic E-state index is 0.141. The molecule has 88 valence electrons. The fourth-order valence-electron chi connectivity index (χ4n) is 2.16. The van der Waals surface area contributed by atoms with E-state index in [1.807, 2.05) is 48.5 Å². The van der Waals surface area contributed by atoms with Gasteiger partial charge in [-0.05, 0) is 17.2 Å². The second kappa shape index (κ2) is 3.85. The number of rotatable bonds is 1. The van der Waals surface area contributed by atoms with E-state index in [0.29, 0.717) is 4.90 Å². The van der Waals surface area contributed by atoms with Crippen molar-refractivity contribution in [3.8, 4) is 0 Å². The van der Waals surface area contributed by atoms with Gasteiger partial charge in [0.1, 0.15) is 0 Å². The molecule has 0 spiro atoms. The van der Waals surface area contributed by atoms with Gasteiger partial charge >= 0.3 is 0 Å². The van der Waals surface area contributed by atoms with Crippen LogP contribution in [0.5, 0.6) is 0 Å². The highest BCUT2D eigenvalue weighted by molar-refractivity contribution is 8.23. The normalized spacial score (nSPS) is 23.1. The lowest BCUT2D eigenvalue weighted by molar-refractivity contribution is 0.475. The van der Waals surface area contributed by atoms with Crippen molar-refractivity contribution in [1.29, 1.82) is 0 Å². The van der Waals surface area contributed by atoms with Crippen LogP contribution in [0.15, 0.2) is 59.5 Å². The Morgan fingerprint density at radius 1 is 0.882 bits per heavy atom. The smallest absolute Gasteiger partial charge is 0.0802 e. The van der Waals surface area contributed by atoms with E-state index in [2.05, 4.69) is 4.72 Å². The molecule has 0 aliphatic carbocycles. The van der Waals surface area contributed by atoms with E-state index in [1.54, 1.807) is 6.07 Å². The van der Waals surface area contributed by atoms with E-state index in [0.717, 1.165) is 11.1 Å². The van der Waals surface area contributed by atoms with Crippen molar-refractivity contribution in [1.82, 2.24) is 4.72 Å². The lowest BCUT2D eigenvalue weighted by Gasteiger charge is -2.28. The van der Waals surface area contributed by atoms with Crippen molar-refractivity contribution >= 4 is 10.8 Å². The molecule has 1 heterocycles. The number of fused-ring (bicyclic) bond motifs is 1. The highest BCUT2D eigenvalue weighted by Gasteiger charge is 2.34. The van der Waals surface area contributed by atoms with E-state index >= 15 is 0 Å². The standard InChI is InChI=1S/C13H13NO2S/c15-17(16)12-9-5-4-8-11(12)13(14-17)10-6-2-1-3-7-10/h1-9,13-16H. The van der Waals surface area contributed by atoms with Crippen LogP contribution in [0.2, 0.25) is 0 Å². The molecule has 0 radical (unpaired) electrons. The van der Waals surface area contributed by atoms with Crippen LogP contribution in [-0.2, 0) is 0 Å². The first-order valence-electron chi connectivity index (χ1n) is 5.38. The summed E-state index contributed by atoms with van der Waals surface area (Å²) in [5, 5.41) is 0. The van der Waals surface area contributed by atoms with Gasteiger partial charge in [-0.15, -0.1) is 10.8 Å². The third kappa shape index (κ3) is 1.75. The van der Waals surface area contributed by atoms with Gasteiger partial charge in [0.2, 0.25) is 0 Å². The number of hydrogen-bond donors (Lipinski definition) is 3. The summed E-state index contributed by atoms with van der Waals surface area (Å²) in [4.78, 5) is 0.605. The fraction of sp³-hybridized carbons (Fsp3) is 0.0769. The van der Waals surface area contributed by atoms with E-state index in [4.69, 9.17) is 0 Å². The summed E-state index contributed by atoms with van der Waals surface area (Å²) < 4.78 is 22.9. The van der Waals surface area contributed by atoms with Gasteiger partial charge in [0.15, 0.2) is 0 Å². The predicted molar refractivity (Wildman–Crippen MR) is 69.0 cm³/mol. The quantitative estimate of drug-likeness (QED) is 0.724. The van der Waals surface area contributed by atoms with Crippen LogP contribution in [0, 0.1) is 0 Å². The largest absolute Gasteiger partial charge is 0.281 e. The first-order valence-corrected chi connectivity index (χ1v) is 6.92. The van der Waals surface area contributed by atoms with Crippen molar-refractivity contribution < 1.29 is 9.11 Å². The molecule has 0 fully saturated rings. The Labute approximate surface area is 102 Å².